The summed E-state index contributed by atoms with van der Waals surface area (Å²) >= 11 is 0. The Morgan fingerprint density at radius 2 is 1.91 bits per heavy atom. The summed E-state index contributed by atoms with van der Waals surface area (Å²) in [6.07, 6.45) is 3.15. The standard InChI is InChI=1S/C23H24FN5O3/c1-15-3-4-17(13-20(15)24)26-23(30)16(2)27-9-11-28(12-10-27)21-5-6-22(29(31)32)19-14-25-8-7-18(19)21/h3-8,13-14,16H,9-12H2,1-2H3,(H,26,30). The second kappa shape index (κ2) is 8.88. The lowest BCUT2D eigenvalue weighted by Gasteiger charge is -2.38. The number of pyridine rings is 1. The first-order chi connectivity index (χ1) is 15.3. The van der Waals surface area contributed by atoms with E-state index in [0.717, 1.165) is 11.1 Å². The fraction of sp³-hybridized carbons (Fsp3) is 0.304. The number of nitro benzene ring substituents is 1. The van der Waals surface area contributed by atoms with Gasteiger partial charge in [0, 0.05) is 61.4 Å². The molecule has 4 rings (SSSR count). The molecule has 9 heteroatoms. The van der Waals surface area contributed by atoms with E-state index >= 15 is 0 Å². The second-order valence-corrected chi connectivity index (χ2v) is 7.93. The van der Waals surface area contributed by atoms with Gasteiger partial charge in [-0.1, -0.05) is 6.07 Å². The molecule has 8 nitrogen and oxygen atoms in total. The maximum absolute atomic E-state index is 13.8. The van der Waals surface area contributed by atoms with E-state index in [9.17, 15) is 19.3 Å². The van der Waals surface area contributed by atoms with Crippen molar-refractivity contribution in [1.29, 1.82) is 0 Å². The highest BCUT2D eigenvalue weighted by molar-refractivity contribution is 5.99. The Hall–Kier alpha value is -3.59. The number of non-ortho nitro benzene ring substituents is 1. The second-order valence-electron chi connectivity index (χ2n) is 7.93. The summed E-state index contributed by atoms with van der Waals surface area (Å²) in [4.78, 5) is 31.9. The van der Waals surface area contributed by atoms with Gasteiger partial charge in [0.25, 0.3) is 5.69 Å². The van der Waals surface area contributed by atoms with Gasteiger partial charge in [0.15, 0.2) is 0 Å². The van der Waals surface area contributed by atoms with Crippen molar-refractivity contribution < 1.29 is 14.1 Å². The van der Waals surface area contributed by atoms with E-state index in [1.165, 1.54) is 18.3 Å². The number of rotatable bonds is 5. The van der Waals surface area contributed by atoms with Crippen molar-refractivity contribution in [3.8, 4) is 0 Å². The SMILES string of the molecule is Cc1ccc(NC(=O)C(C)N2CCN(c3ccc([N+](=O)[O-])c4cnccc34)CC2)cc1F. The summed E-state index contributed by atoms with van der Waals surface area (Å²) in [6, 6.07) is 9.36. The molecule has 1 aliphatic rings. The third-order valence-corrected chi connectivity index (χ3v) is 5.99. The predicted molar refractivity (Wildman–Crippen MR) is 121 cm³/mol. The minimum absolute atomic E-state index is 0.0355. The van der Waals surface area contributed by atoms with Gasteiger partial charge in [-0.2, -0.15) is 0 Å². The number of aromatic nitrogens is 1. The summed E-state index contributed by atoms with van der Waals surface area (Å²) in [6.45, 7) is 6.16. The molecule has 1 aliphatic heterocycles. The summed E-state index contributed by atoms with van der Waals surface area (Å²) in [5, 5.41) is 15.4. The predicted octanol–water partition coefficient (Wildman–Crippen LogP) is 3.74. The van der Waals surface area contributed by atoms with Crippen molar-refractivity contribution in [1.82, 2.24) is 9.88 Å². The highest BCUT2D eigenvalue weighted by Crippen LogP contribution is 2.33. The van der Waals surface area contributed by atoms with Crippen LogP contribution in [0.2, 0.25) is 0 Å². The lowest BCUT2D eigenvalue weighted by Crippen LogP contribution is -2.52. The van der Waals surface area contributed by atoms with Crippen molar-refractivity contribution in [2.45, 2.75) is 19.9 Å². The van der Waals surface area contributed by atoms with Gasteiger partial charge < -0.3 is 10.2 Å². The molecule has 1 unspecified atom stereocenters. The number of anilines is 2. The first-order valence-electron chi connectivity index (χ1n) is 10.4. The van der Waals surface area contributed by atoms with Crippen LogP contribution in [0.25, 0.3) is 10.8 Å². The molecule has 1 fully saturated rings. The van der Waals surface area contributed by atoms with Gasteiger partial charge in [-0.05, 0) is 43.7 Å². The number of halogens is 1. The van der Waals surface area contributed by atoms with Crippen LogP contribution in [0, 0.1) is 22.9 Å². The number of amides is 1. The Labute approximate surface area is 184 Å². The summed E-state index contributed by atoms with van der Waals surface area (Å²) < 4.78 is 13.8. The number of piperazine rings is 1. The Morgan fingerprint density at radius 1 is 1.16 bits per heavy atom. The van der Waals surface area contributed by atoms with Crippen LogP contribution in [-0.4, -0.2) is 52.9 Å². The molecule has 1 atom stereocenters. The van der Waals surface area contributed by atoms with E-state index in [-0.39, 0.29) is 23.5 Å². The van der Waals surface area contributed by atoms with E-state index < -0.39 is 4.92 Å². The number of nitrogens with one attached hydrogen (secondary N) is 1. The molecular formula is C23H24FN5O3. The lowest BCUT2D eigenvalue weighted by molar-refractivity contribution is -0.383. The Bertz CT molecular complexity index is 1180. The highest BCUT2D eigenvalue weighted by atomic mass is 19.1. The van der Waals surface area contributed by atoms with Crippen molar-refractivity contribution >= 4 is 33.7 Å². The number of aryl methyl sites for hydroxylation is 1. The zero-order valence-corrected chi connectivity index (χ0v) is 17.9. The van der Waals surface area contributed by atoms with Crippen LogP contribution in [0.1, 0.15) is 12.5 Å². The molecule has 1 aromatic heterocycles. The Morgan fingerprint density at radius 3 is 2.59 bits per heavy atom. The quantitative estimate of drug-likeness (QED) is 0.483. The molecule has 2 aromatic carbocycles. The molecule has 0 spiro atoms. The number of hydrogen-bond donors (Lipinski definition) is 1. The molecular weight excluding hydrogens is 413 g/mol. The zero-order valence-electron chi connectivity index (χ0n) is 17.9. The maximum Gasteiger partial charge on any atom is 0.278 e. The molecule has 0 aliphatic carbocycles. The van der Waals surface area contributed by atoms with Gasteiger partial charge >= 0.3 is 0 Å². The first-order valence-corrected chi connectivity index (χ1v) is 10.4. The fourth-order valence-corrected chi connectivity index (χ4v) is 4.03. The average molecular weight is 437 g/mol. The number of nitrogens with zero attached hydrogens (tertiary/aromatic N) is 4. The van der Waals surface area contributed by atoms with Gasteiger partial charge in [0.1, 0.15) is 5.82 Å². The zero-order chi connectivity index (χ0) is 22.8. The first kappa shape index (κ1) is 21.6. The van der Waals surface area contributed by atoms with Crippen LogP contribution in [0.4, 0.5) is 21.5 Å². The molecule has 1 N–H and O–H groups in total. The minimum Gasteiger partial charge on any atom is -0.368 e. The van der Waals surface area contributed by atoms with Crippen molar-refractivity contribution in [3.05, 3.63) is 70.3 Å². The van der Waals surface area contributed by atoms with Crippen LogP contribution >= 0.6 is 0 Å². The highest BCUT2D eigenvalue weighted by Gasteiger charge is 2.27. The number of hydrogen-bond acceptors (Lipinski definition) is 6. The average Bonchev–Trinajstić information content (AvgIpc) is 2.80. The van der Waals surface area contributed by atoms with Crippen LogP contribution in [0.15, 0.2) is 48.8 Å². The third-order valence-electron chi connectivity index (χ3n) is 5.99. The number of carbonyl (C=O) groups excluding carboxylic acids is 1. The van der Waals surface area contributed by atoms with Crippen LogP contribution in [0.5, 0.6) is 0 Å². The fourth-order valence-electron chi connectivity index (χ4n) is 4.03. The molecule has 166 valence electrons. The molecule has 0 radical (unpaired) electrons. The molecule has 3 aromatic rings. The van der Waals surface area contributed by atoms with Crippen LogP contribution < -0.4 is 10.2 Å². The van der Waals surface area contributed by atoms with E-state index in [0.29, 0.717) is 42.8 Å². The van der Waals surface area contributed by atoms with Crippen molar-refractivity contribution in [2.24, 2.45) is 0 Å². The Kier molecular flexibility index (Phi) is 6.00. The van der Waals surface area contributed by atoms with Gasteiger partial charge in [-0.25, -0.2) is 4.39 Å². The molecule has 0 bridgehead atoms. The summed E-state index contributed by atoms with van der Waals surface area (Å²) in [5.74, 6) is -0.539. The number of benzene rings is 2. The largest absolute Gasteiger partial charge is 0.368 e. The molecule has 32 heavy (non-hydrogen) atoms. The molecule has 0 saturated carbocycles. The number of carbonyl (C=O) groups is 1. The van der Waals surface area contributed by atoms with Crippen molar-refractivity contribution in [2.75, 3.05) is 36.4 Å². The van der Waals surface area contributed by atoms with E-state index in [1.807, 2.05) is 6.92 Å². The number of nitro groups is 1. The van der Waals surface area contributed by atoms with E-state index in [4.69, 9.17) is 0 Å². The van der Waals surface area contributed by atoms with E-state index in [2.05, 4.69) is 20.1 Å². The monoisotopic (exact) mass is 437 g/mol. The molecule has 1 saturated heterocycles. The van der Waals surface area contributed by atoms with Gasteiger partial charge in [-0.3, -0.25) is 24.8 Å². The molecule has 2 heterocycles. The topological polar surface area (TPSA) is 91.6 Å². The minimum atomic E-state index is -0.397. The normalized spacial score (nSPS) is 15.5. The van der Waals surface area contributed by atoms with Crippen LogP contribution in [0.3, 0.4) is 0 Å². The number of fused-ring (bicyclic) bond motifs is 1. The lowest BCUT2D eigenvalue weighted by atomic mass is 10.1. The van der Waals surface area contributed by atoms with Gasteiger partial charge in [0.05, 0.1) is 16.4 Å². The van der Waals surface area contributed by atoms with Gasteiger partial charge in [-0.15, -0.1) is 0 Å². The summed E-state index contributed by atoms with van der Waals surface area (Å²) in [5.41, 5.74) is 1.92. The Balaban J connectivity index is 1.44. The van der Waals surface area contributed by atoms with Gasteiger partial charge in [0.2, 0.25) is 5.91 Å². The smallest absolute Gasteiger partial charge is 0.278 e. The van der Waals surface area contributed by atoms with Crippen LogP contribution in [-0.2, 0) is 4.79 Å². The third kappa shape index (κ3) is 4.24. The van der Waals surface area contributed by atoms with E-state index in [1.54, 1.807) is 37.4 Å². The maximum atomic E-state index is 13.8. The van der Waals surface area contributed by atoms with Crippen molar-refractivity contribution in [3.63, 3.8) is 0 Å². The molecule has 1 amide bonds. The summed E-state index contributed by atoms with van der Waals surface area (Å²) in [7, 11) is 0.